The zero-order valence-corrected chi connectivity index (χ0v) is 29.9. The summed E-state index contributed by atoms with van der Waals surface area (Å²) < 4.78 is 6.62. The SMILES string of the molecule is c1ccc(-c2ccc3c4c(cccc24)-c2cc(-c4ccc(-c5ccc6ccc7c(-c8ccccc8)ccc8ccc5c6c87)c5ccccc45)ccc2O3)cc1. The summed E-state index contributed by atoms with van der Waals surface area (Å²) in [7, 11) is 0. The molecule has 0 aromatic heterocycles. The van der Waals surface area contributed by atoms with Crippen molar-refractivity contribution in [2.75, 3.05) is 0 Å². The highest BCUT2D eigenvalue weighted by atomic mass is 16.5. The molecule has 0 N–H and O–H groups in total. The maximum atomic E-state index is 6.62. The Morgan fingerprint density at radius 2 is 0.709 bits per heavy atom. The Morgan fingerprint density at radius 3 is 1.42 bits per heavy atom. The van der Waals surface area contributed by atoms with E-state index in [9.17, 15) is 0 Å². The summed E-state index contributed by atoms with van der Waals surface area (Å²) in [6.07, 6.45) is 0. The Balaban J connectivity index is 1.03. The van der Waals surface area contributed by atoms with E-state index < -0.39 is 0 Å². The predicted molar refractivity (Wildman–Crippen MR) is 232 cm³/mol. The molecule has 12 rings (SSSR count). The first-order valence-corrected chi connectivity index (χ1v) is 19.0. The molecule has 1 aliphatic heterocycles. The molecular weight excluding hydrogens is 665 g/mol. The van der Waals surface area contributed by atoms with Gasteiger partial charge in [0.25, 0.3) is 0 Å². The highest BCUT2D eigenvalue weighted by molar-refractivity contribution is 6.28. The van der Waals surface area contributed by atoms with Crippen molar-refractivity contribution < 1.29 is 4.74 Å². The van der Waals surface area contributed by atoms with E-state index in [2.05, 4.69) is 194 Å². The standard InChI is InChI=1S/C54H32O/c1-3-10-33(11-4-1)38-23-18-35-21-26-48-44(24-19-36-20-25-47(38)52(35)53(36)48)43-28-27-40(41-14-7-8-15-42(41)43)37-22-30-50-49(32-37)46-17-9-16-45-39(34-12-5-2-6-13-34)29-31-51(55-50)54(45)46/h1-32H. The van der Waals surface area contributed by atoms with Gasteiger partial charge in [-0.2, -0.15) is 0 Å². The molecule has 0 atom stereocenters. The van der Waals surface area contributed by atoms with Gasteiger partial charge in [0.2, 0.25) is 0 Å². The van der Waals surface area contributed by atoms with Gasteiger partial charge in [-0.25, -0.2) is 0 Å². The maximum Gasteiger partial charge on any atom is 0.135 e. The number of fused-ring (bicyclic) bond motifs is 3. The average Bonchev–Trinajstić information content (AvgIpc) is 3.26. The molecule has 0 fully saturated rings. The van der Waals surface area contributed by atoms with E-state index in [1.165, 1.54) is 104 Å². The fourth-order valence-electron chi connectivity index (χ4n) is 9.36. The van der Waals surface area contributed by atoms with Gasteiger partial charge in [0.1, 0.15) is 11.5 Å². The Labute approximate surface area is 318 Å². The van der Waals surface area contributed by atoms with Crippen molar-refractivity contribution in [3.63, 3.8) is 0 Å². The van der Waals surface area contributed by atoms with Gasteiger partial charge in [0.15, 0.2) is 0 Å². The molecule has 0 saturated heterocycles. The molecule has 0 amide bonds. The van der Waals surface area contributed by atoms with Crippen LogP contribution in [0, 0.1) is 0 Å². The van der Waals surface area contributed by atoms with Crippen LogP contribution in [0.1, 0.15) is 0 Å². The van der Waals surface area contributed by atoms with Crippen LogP contribution >= 0.6 is 0 Å². The highest BCUT2D eigenvalue weighted by Crippen LogP contribution is 2.50. The first kappa shape index (κ1) is 30.3. The summed E-state index contributed by atoms with van der Waals surface area (Å²) in [6, 6.07) is 71.0. The largest absolute Gasteiger partial charge is 0.456 e. The van der Waals surface area contributed by atoms with Crippen molar-refractivity contribution in [2.24, 2.45) is 0 Å². The summed E-state index contributed by atoms with van der Waals surface area (Å²) in [5.41, 5.74) is 12.2. The average molecular weight is 697 g/mol. The van der Waals surface area contributed by atoms with E-state index >= 15 is 0 Å². The lowest BCUT2D eigenvalue weighted by molar-refractivity contribution is 0.487. The molecule has 55 heavy (non-hydrogen) atoms. The predicted octanol–water partition coefficient (Wildman–Crippen LogP) is 15.3. The lowest BCUT2D eigenvalue weighted by Crippen LogP contribution is -1.98. The molecule has 254 valence electrons. The van der Waals surface area contributed by atoms with E-state index in [0.717, 1.165) is 17.1 Å². The van der Waals surface area contributed by atoms with Crippen LogP contribution in [0.3, 0.4) is 0 Å². The monoisotopic (exact) mass is 696 g/mol. The Kier molecular flexibility index (Phi) is 6.40. The van der Waals surface area contributed by atoms with Gasteiger partial charge in [-0.05, 0) is 117 Å². The second kappa shape index (κ2) is 11.6. The summed E-state index contributed by atoms with van der Waals surface area (Å²) in [4.78, 5) is 0. The molecular formula is C54H32O. The highest BCUT2D eigenvalue weighted by Gasteiger charge is 2.23. The molecule has 0 spiro atoms. The van der Waals surface area contributed by atoms with Gasteiger partial charge < -0.3 is 4.74 Å². The number of hydrogen-bond donors (Lipinski definition) is 0. The molecule has 0 bridgehead atoms. The van der Waals surface area contributed by atoms with Crippen LogP contribution in [0.5, 0.6) is 11.5 Å². The Hall–Kier alpha value is -7.22. The molecule has 11 aromatic rings. The van der Waals surface area contributed by atoms with Gasteiger partial charge in [-0.1, -0.05) is 176 Å². The second-order valence-electron chi connectivity index (χ2n) is 14.7. The van der Waals surface area contributed by atoms with Crippen molar-refractivity contribution in [3.8, 4) is 67.1 Å². The molecule has 11 aromatic carbocycles. The van der Waals surface area contributed by atoms with E-state index in [1.807, 2.05) is 0 Å². The van der Waals surface area contributed by atoms with E-state index in [1.54, 1.807) is 0 Å². The molecule has 1 heteroatoms. The quantitative estimate of drug-likeness (QED) is 0.166. The summed E-state index contributed by atoms with van der Waals surface area (Å²) in [5.74, 6) is 1.80. The van der Waals surface area contributed by atoms with Gasteiger partial charge >= 0.3 is 0 Å². The minimum atomic E-state index is 0.890. The fraction of sp³-hybridized carbons (Fsp3) is 0. The number of benzene rings is 11. The summed E-state index contributed by atoms with van der Waals surface area (Å²) >= 11 is 0. The molecule has 1 nitrogen and oxygen atoms in total. The van der Waals surface area contributed by atoms with Crippen molar-refractivity contribution in [2.45, 2.75) is 0 Å². The molecule has 1 heterocycles. The third kappa shape index (κ3) is 4.48. The van der Waals surface area contributed by atoms with Crippen LogP contribution in [0.15, 0.2) is 194 Å². The van der Waals surface area contributed by atoms with E-state index in [0.29, 0.717) is 0 Å². The minimum absolute atomic E-state index is 0.890. The molecule has 0 unspecified atom stereocenters. The van der Waals surface area contributed by atoms with E-state index in [4.69, 9.17) is 4.74 Å². The van der Waals surface area contributed by atoms with Crippen LogP contribution in [0.2, 0.25) is 0 Å². The summed E-state index contributed by atoms with van der Waals surface area (Å²) in [5, 5.41) is 12.6. The van der Waals surface area contributed by atoms with Gasteiger partial charge in [-0.15, -0.1) is 0 Å². The number of rotatable bonds is 4. The van der Waals surface area contributed by atoms with Gasteiger partial charge in [0.05, 0.1) is 0 Å². The maximum absolute atomic E-state index is 6.62. The molecule has 0 aliphatic carbocycles. The third-order valence-corrected chi connectivity index (χ3v) is 11.9. The molecule has 0 radical (unpaired) electrons. The smallest absolute Gasteiger partial charge is 0.135 e. The minimum Gasteiger partial charge on any atom is -0.456 e. The topological polar surface area (TPSA) is 9.23 Å². The third-order valence-electron chi connectivity index (χ3n) is 11.9. The van der Waals surface area contributed by atoms with Crippen LogP contribution in [-0.2, 0) is 0 Å². The first-order chi connectivity index (χ1) is 27.3. The normalized spacial score (nSPS) is 12.1. The van der Waals surface area contributed by atoms with Crippen molar-refractivity contribution in [1.82, 2.24) is 0 Å². The van der Waals surface area contributed by atoms with Gasteiger partial charge in [-0.3, -0.25) is 0 Å². The second-order valence-corrected chi connectivity index (χ2v) is 14.7. The zero-order valence-electron chi connectivity index (χ0n) is 29.9. The van der Waals surface area contributed by atoms with Crippen LogP contribution < -0.4 is 4.74 Å². The zero-order chi connectivity index (χ0) is 36.0. The Morgan fingerprint density at radius 1 is 0.236 bits per heavy atom. The van der Waals surface area contributed by atoms with Crippen molar-refractivity contribution >= 4 is 53.9 Å². The Bertz CT molecular complexity index is 3320. The van der Waals surface area contributed by atoms with Gasteiger partial charge in [0, 0.05) is 10.9 Å². The number of ether oxygens (including phenoxy) is 1. The van der Waals surface area contributed by atoms with Crippen molar-refractivity contribution in [1.29, 1.82) is 0 Å². The fourth-order valence-corrected chi connectivity index (χ4v) is 9.36. The first-order valence-electron chi connectivity index (χ1n) is 19.0. The van der Waals surface area contributed by atoms with E-state index in [-0.39, 0.29) is 0 Å². The lowest BCUT2D eigenvalue weighted by Gasteiger charge is -2.23. The lowest BCUT2D eigenvalue weighted by atomic mass is 9.85. The molecule has 0 saturated carbocycles. The molecule has 1 aliphatic rings. The van der Waals surface area contributed by atoms with Crippen LogP contribution in [-0.4, -0.2) is 0 Å². The van der Waals surface area contributed by atoms with Crippen molar-refractivity contribution in [3.05, 3.63) is 194 Å². The summed E-state index contributed by atoms with van der Waals surface area (Å²) in [6.45, 7) is 0. The van der Waals surface area contributed by atoms with Crippen LogP contribution in [0.25, 0.3) is 109 Å². The van der Waals surface area contributed by atoms with Crippen LogP contribution in [0.4, 0.5) is 0 Å². The number of hydrogen-bond acceptors (Lipinski definition) is 1.